The molecule has 2 aromatic heterocycles. The molecule has 1 aromatic carbocycles. The lowest BCUT2D eigenvalue weighted by atomic mass is 9.87. The summed E-state index contributed by atoms with van der Waals surface area (Å²) < 4.78 is 29.2. The standard InChI is InChI=1S/C17H15F2N5O2/c18-17(19)26-10-4-5-11-9(8-10)2-1-3-13(11)21-16(25)12-6-7-20-15-14(12)22-24-23-15/h4-8,13,17H,1-3H2,(H,21,25)(H,20,22,23,24). The van der Waals surface area contributed by atoms with Gasteiger partial charge < -0.3 is 10.1 Å². The van der Waals surface area contributed by atoms with Gasteiger partial charge in [0.05, 0.1) is 11.6 Å². The predicted molar refractivity (Wildman–Crippen MR) is 87.9 cm³/mol. The summed E-state index contributed by atoms with van der Waals surface area (Å²) in [7, 11) is 0. The van der Waals surface area contributed by atoms with Gasteiger partial charge in [-0.15, -0.1) is 5.10 Å². The Kier molecular flexibility index (Phi) is 4.19. The maximum Gasteiger partial charge on any atom is 0.387 e. The zero-order valence-electron chi connectivity index (χ0n) is 13.6. The summed E-state index contributed by atoms with van der Waals surface area (Å²) in [6.45, 7) is -2.86. The number of nitrogens with one attached hydrogen (secondary N) is 2. The summed E-state index contributed by atoms with van der Waals surface area (Å²) in [4.78, 5) is 16.7. The van der Waals surface area contributed by atoms with Crippen molar-refractivity contribution in [1.82, 2.24) is 25.7 Å². The van der Waals surface area contributed by atoms with E-state index in [1.165, 1.54) is 12.3 Å². The fourth-order valence-electron chi connectivity index (χ4n) is 3.29. The first kappa shape index (κ1) is 16.4. The molecular formula is C17H15F2N5O2. The molecule has 0 saturated heterocycles. The number of halogens is 2. The number of fused-ring (bicyclic) bond motifs is 2. The summed E-state index contributed by atoms with van der Waals surface area (Å²) in [5.41, 5.74) is 2.98. The number of aromatic amines is 1. The first-order chi connectivity index (χ1) is 12.6. The van der Waals surface area contributed by atoms with E-state index in [2.05, 4.69) is 30.4 Å². The second-order valence-corrected chi connectivity index (χ2v) is 6.01. The van der Waals surface area contributed by atoms with Gasteiger partial charge in [-0.25, -0.2) is 4.98 Å². The molecule has 0 radical (unpaired) electrons. The highest BCUT2D eigenvalue weighted by Crippen LogP contribution is 2.33. The van der Waals surface area contributed by atoms with E-state index >= 15 is 0 Å². The average molecular weight is 359 g/mol. The minimum atomic E-state index is -2.86. The molecule has 1 aliphatic rings. The number of amides is 1. The molecule has 2 heterocycles. The van der Waals surface area contributed by atoms with Crippen LogP contribution in [0.3, 0.4) is 0 Å². The lowest BCUT2D eigenvalue weighted by Crippen LogP contribution is -2.31. The number of carbonyl (C=O) groups excluding carboxylic acids is 1. The van der Waals surface area contributed by atoms with Gasteiger partial charge >= 0.3 is 6.61 Å². The van der Waals surface area contributed by atoms with Crippen LogP contribution in [0.15, 0.2) is 30.5 Å². The number of nitrogens with zero attached hydrogens (tertiary/aromatic N) is 3. The number of rotatable bonds is 4. The Hall–Kier alpha value is -3.10. The first-order valence-electron chi connectivity index (χ1n) is 8.16. The molecule has 0 aliphatic heterocycles. The summed E-state index contributed by atoms with van der Waals surface area (Å²) in [5.74, 6) is -0.152. The van der Waals surface area contributed by atoms with Crippen LogP contribution in [0.5, 0.6) is 5.75 Å². The SMILES string of the molecule is O=C(NC1CCCc2cc(OC(F)F)ccc21)c1ccnc2n[nH]nc12. The van der Waals surface area contributed by atoms with E-state index in [0.29, 0.717) is 16.7 Å². The number of hydrogen-bond donors (Lipinski definition) is 2. The molecule has 0 spiro atoms. The second kappa shape index (κ2) is 6.66. The van der Waals surface area contributed by atoms with Crippen LogP contribution in [-0.2, 0) is 6.42 Å². The Balaban J connectivity index is 1.58. The highest BCUT2D eigenvalue weighted by atomic mass is 19.3. The van der Waals surface area contributed by atoms with E-state index < -0.39 is 6.61 Å². The van der Waals surface area contributed by atoms with E-state index in [0.717, 1.165) is 30.4 Å². The fourth-order valence-corrected chi connectivity index (χ4v) is 3.29. The van der Waals surface area contributed by atoms with Gasteiger partial charge in [-0.3, -0.25) is 4.79 Å². The first-order valence-corrected chi connectivity index (χ1v) is 8.16. The van der Waals surface area contributed by atoms with Gasteiger partial charge in [0.1, 0.15) is 11.3 Å². The molecule has 0 saturated carbocycles. The molecule has 0 bridgehead atoms. The highest BCUT2D eigenvalue weighted by Gasteiger charge is 2.24. The number of hydrogen-bond acceptors (Lipinski definition) is 5. The number of aryl methyl sites for hydroxylation is 1. The van der Waals surface area contributed by atoms with E-state index in [1.54, 1.807) is 18.2 Å². The van der Waals surface area contributed by atoms with Crippen molar-refractivity contribution in [3.05, 3.63) is 47.2 Å². The van der Waals surface area contributed by atoms with Gasteiger partial charge in [0, 0.05) is 6.20 Å². The van der Waals surface area contributed by atoms with Gasteiger partial charge in [-0.2, -0.15) is 19.1 Å². The Morgan fingerprint density at radius 1 is 1.31 bits per heavy atom. The van der Waals surface area contributed by atoms with Crippen molar-refractivity contribution in [2.45, 2.75) is 31.9 Å². The summed E-state index contributed by atoms with van der Waals surface area (Å²) in [5, 5.41) is 13.3. The number of H-pyrrole nitrogens is 1. The van der Waals surface area contributed by atoms with Crippen LogP contribution >= 0.6 is 0 Å². The highest BCUT2D eigenvalue weighted by molar-refractivity contribution is 6.03. The van der Waals surface area contributed by atoms with Gasteiger partial charge in [-0.1, -0.05) is 6.07 Å². The quantitative estimate of drug-likeness (QED) is 0.747. The molecule has 9 heteroatoms. The number of aromatic nitrogens is 4. The smallest absolute Gasteiger partial charge is 0.387 e. The monoisotopic (exact) mass is 359 g/mol. The van der Waals surface area contributed by atoms with Crippen LogP contribution in [0.4, 0.5) is 8.78 Å². The summed E-state index contributed by atoms with van der Waals surface area (Å²) >= 11 is 0. The lowest BCUT2D eigenvalue weighted by molar-refractivity contribution is -0.0499. The van der Waals surface area contributed by atoms with Crippen LogP contribution in [0.25, 0.3) is 11.2 Å². The predicted octanol–water partition coefficient (Wildman–Crippen LogP) is 2.76. The second-order valence-electron chi connectivity index (χ2n) is 6.01. The minimum absolute atomic E-state index is 0.129. The zero-order chi connectivity index (χ0) is 18.1. The average Bonchev–Trinajstić information content (AvgIpc) is 3.10. The molecule has 7 nitrogen and oxygen atoms in total. The molecule has 134 valence electrons. The molecule has 1 atom stereocenters. The Bertz CT molecular complexity index is 959. The number of pyridine rings is 1. The molecule has 1 unspecified atom stereocenters. The van der Waals surface area contributed by atoms with Crippen molar-refractivity contribution >= 4 is 17.1 Å². The molecule has 0 fully saturated rings. The van der Waals surface area contributed by atoms with E-state index in [9.17, 15) is 13.6 Å². The van der Waals surface area contributed by atoms with Crippen molar-refractivity contribution in [3.8, 4) is 5.75 Å². The third-order valence-electron chi connectivity index (χ3n) is 4.43. The molecule has 4 rings (SSSR count). The third-order valence-corrected chi connectivity index (χ3v) is 4.43. The Morgan fingerprint density at radius 3 is 3.04 bits per heavy atom. The number of ether oxygens (including phenoxy) is 1. The molecule has 1 amide bonds. The number of alkyl halides is 2. The summed E-state index contributed by atoms with van der Waals surface area (Å²) in [6, 6.07) is 6.22. The van der Waals surface area contributed by atoms with Gasteiger partial charge in [0.2, 0.25) is 5.65 Å². The van der Waals surface area contributed by atoms with Crippen LogP contribution in [-0.4, -0.2) is 32.9 Å². The normalized spacial score (nSPS) is 16.5. The lowest BCUT2D eigenvalue weighted by Gasteiger charge is -2.27. The van der Waals surface area contributed by atoms with Crippen molar-refractivity contribution in [2.75, 3.05) is 0 Å². The van der Waals surface area contributed by atoms with Crippen molar-refractivity contribution in [3.63, 3.8) is 0 Å². The molecule has 3 aromatic rings. The van der Waals surface area contributed by atoms with Gasteiger partial charge in [0.25, 0.3) is 5.91 Å². The Morgan fingerprint density at radius 2 is 2.19 bits per heavy atom. The van der Waals surface area contributed by atoms with Gasteiger partial charge in [0.15, 0.2) is 0 Å². The molecule has 1 aliphatic carbocycles. The molecular weight excluding hydrogens is 344 g/mol. The van der Waals surface area contributed by atoms with E-state index in [1.807, 2.05) is 0 Å². The minimum Gasteiger partial charge on any atom is -0.435 e. The maximum absolute atomic E-state index is 12.7. The topological polar surface area (TPSA) is 92.8 Å². The number of benzene rings is 1. The van der Waals surface area contributed by atoms with Crippen LogP contribution in [0, 0.1) is 0 Å². The van der Waals surface area contributed by atoms with E-state index in [4.69, 9.17) is 0 Å². The van der Waals surface area contributed by atoms with Crippen molar-refractivity contribution in [1.29, 1.82) is 0 Å². The van der Waals surface area contributed by atoms with E-state index in [-0.39, 0.29) is 17.7 Å². The summed E-state index contributed by atoms with van der Waals surface area (Å²) in [6.07, 6.45) is 3.86. The zero-order valence-corrected chi connectivity index (χ0v) is 13.6. The van der Waals surface area contributed by atoms with Crippen LogP contribution in [0.2, 0.25) is 0 Å². The van der Waals surface area contributed by atoms with Crippen molar-refractivity contribution in [2.24, 2.45) is 0 Å². The van der Waals surface area contributed by atoms with Gasteiger partial charge in [-0.05, 0) is 48.6 Å². The Labute approximate surface area is 146 Å². The fraction of sp³-hybridized carbons (Fsp3) is 0.294. The molecule has 2 N–H and O–H groups in total. The van der Waals surface area contributed by atoms with Crippen LogP contribution < -0.4 is 10.1 Å². The van der Waals surface area contributed by atoms with Crippen molar-refractivity contribution < 1.29 is 18.3 Å². The maximum atomic E-state index is 12.7. The molecule has 26 heavy (non-hydrogen) atoms. The van der Waals surface area contributed by atoms with Crippen LogP contribution in [0.1, 0.15) is 40.4 Å². The third kappa shape index (κ3) is 3.07. The largest absolute Gasteiger partial charge is 0.435 e. The number of carbonyl (C=O) groups is 1.